The summed E-state index contributed by atoms with van der Waals surface area (Å²) in [6.45, 7) is 0.982. The fourth-order valence-electron chi connectivity index (χ4n) is 3.45. The number of nitrogens with zero attached hydrogens (tertiary/aromatic N) is 1. The van der Waals surface area contributed by atoms with Gasteiger partial charge in [0, 0.05) is 11.7 Å². The van der Waals surface area contributed by atoms with Gasteiger partial charge in [-0.3, -0.25) is 9.69 Å². The SMILES string of the molecule is CN(CC(=O)Nc1ccc(OCc2ccccc2)cc1)C1CCCCC1. The van der Waals surface area contributed by atoms with Gasteiger partial charge in [0.2, 0.25) is 5.91 Å². The van der Waals surface area contributed by atoms with Gasteiger partial charge in [-0.25, -0.2) is 0 Å². The Balaban J connectivity index is 1.45. The smallest absolute Gasteiger partial charge is 0.238 e. The van der Waals surface area contributed by atoms with Gasteiger partial charge < -0.3 is 10.1 Å². The van der Waals surface area contributed by atoms with Crippen LogP contribution in [0.5, 0.6) is 5.75 Å². The number of carbonyl (C=O) groups is 1. The van der Waals surface area contributed by atoms with Crippen LogP contribution in [0, 0.1) is 0 Å². The Morgan fingerprint density at radius 3 is 2.42 bits per heavy atom. The average Bonchev–Trinajstić information content (AvgIpc) is 2.69. The fraction of sp³-hybridized carbons (Fsp3) is 0.409. The lowest BCUT2D eigenvalue weighted by Gasteiger charge is -2.30. The molecule has 3 rings (SSSR count). The Hall–Kier alpha value is -2.33. The minimum Gasteiger partial charge on any atom is -0.489 e. The van der Waals surface area contributed by atoms with Gasteiger partial charge >= 0.3 is 0 Å². The summed E-state index contributed by atoms with van der Waals surface area (Å²) in [5.41, 5.74) is 1.94. The molecule has 0 bridgehead atoms. The van der Waals surface area contributed by atoms with Crippen molar-refractivity contribution in [2.24, 2.45) is 0 Å². The molecular formula is C22H28N2O2. The van der Waals surface area contributed by atoms with Crippen molar-refractivity contribution in [1.82, 2.24) is 4.90 Å². The molecule has 1 amide bonds. The molecule has 2 aromatic rings. The summed E-state index contributed by atoms with van der Waals surface area (Å²) in [4.78, 5) is 14.5. The summed E-state index contributed by atoms with van der Waals surface area (Å²) in [6, 6.07) is 18.2. The van der Waals surface area contributed by atoms with Crippen molar-refractivity contribution >= 4 is 11.6 Å². The maximum atomic E-state index is 12.3. The number of rotatable bonds is 7. The molecule has 0 aromatic heterocycles. The number of amides is 1. The molecule has 0 saturated heterocycles. The molecule has 4 heteroatoms. The number of ether oxygens (including phenoxy) is 1. The predicted molar refractivity (Wildman–Crippen MR) is 105 cm³/mol. The Kier molecular flexibility index (Phi) is 6.67. The van der Waals surface area contributed by atoms with Crippen molar-refractivity contribution in [1.29, 1.82) is 0 Å². The Bertz CT molecular complexity index is 679. The van der Waals surface area contributed by atoms with E-state index in [2.05, 4.69) is 17.3 Å². The van der Waals surface area contributed by atoms with E-state index in [1.165, 1.54) is 32.1 Å². The Morgan fingerprint density at radius 1 is 1.04 bits per heavy atom. The van der Waals surface area contributed by atoms with E-state index in [1.807, 2.05) is 54.6 Å². The maximum absolute atomic E-state index is 12.3. The van der Waals surface area contributed by atoms with E-state index in [9.17, 15) is 4.79 Å². The fourth-order valence-corrected chi connectivity index (χ4v) is 3.45. The van der Waals surface area contributed by atoms with E-state index in [4.69, 9.17) is 4.74 Å². The van der Waals surface area contributed by atoms with Gasteiger partial charge in [0.1, 0.15) is 12.4 Å². The number of carbonyl (C=O) groups excluding carboxylic acids is 1. The third-order valence-corrected chi connectivity index (χ3v) is 4.98. The Labute approximate surface area is 156 Å². The molecule has 1 aliphatic rings. The third-order valence-electron chi connectivity index (χ3n) is 4.98. The molecule has 26 heavy (non-hydrogen) atoms. The first-order valence-electron chi connectivity index (χ1n) is 9.47. The number of benzene rings is 2. The number of nitrogens with one attached hydrogen (secondary N) is 1. The molecule has 1 fully saturated rings. The zero-order chi connectivity index (χ0) is 18.2. The number of anilines is 1. The number of likely N-dealkylation sites (N-methyl/N-ethyl adjacent to an activating group) is 1. The highest BCUT2D eigenvalue weighted by molar-refractivity contribution is 5.92. The van der Waals surface area contributed by atoms with Crippen LogP contribution in [0.15, 0.2) is 54.6 Å². The molecule has 0 radical (unpaired) electrons. The summed E-state index contributed by atoms with van der Waals surface area (Å²) in [7, 11) is 2.05. The average molecular weight is 352 g/mol. The summed E-state index contributed by atoms with van der Waals surface area (Å²) >= 11 is 0. The molecule has 0 spiro atoms. The monoisotopic (exact) mass is 352 g/mol. The van der Waals surface area contributed by atoms with Crippen molar-refractivity contribution < 1.29 is 9.53 Å². The lowest BCUT2D eigenvalue weighted by Crippen LogP contribution is -2.39. The summed E-state index contributed by atoms with van der Waals surface area (Å²) in [6.07, 6.45) is 6.30. The van der Waals surface area contributed by atoms with Gasteiger partial charge in [0.15, 0.2) is 0 Å². The van der Waals surface area contributed by atoms with Crippen molar-refractivity contribution in [3.05, 3.63) is 60.2 Å². The summed E-state index contributed by atoms with van der Waals surface area (Å²) in [5, 5.41) is 2.98. The van der Waals surface area contributed by atoms with E-state index in [1.54, 1.807) is 0 Å². The molecule has 2 aromatic carbocycles. The highest BCUT2D eigenvalue weighted by Crippen LogP contribution is 2.22. The van der Waals surface area contributed by atoms with Crippen molar-refractivity contribution in [3.63, 3.8) is 0 Å². The van der Waals surface area contributed by atoms with Crippen LogP contribution in [0.3, 0.4) is 0 Å². The molecule has 1 saturated carbocycles. The van der Waals surface area contributed by atoms with Crippen LogP contribution in [-0.2, 0) is 11.4 Å². The maximum Gasteiger partial charge on any atom is 0.238 e. The van der Waals surface area contributed by atoms with Gasteiger partial charge in [-0.1, -0.05) is 49.6 Å². The lowest BCUT2D eigenvalue weighted by molar-refractivity contribution is -0.117. The van der Waals surface area contributed by atoms with Gasteiger partial charge in [0.25, 0.3) is 0 Å². The van der Waals surface area contributed by atoms with Crippen LogP contribution in [0.2, 0.25) is 0 Å². The topological polar surface area (TPSA) is 41.6 Å². The standard InChI is InChI=1S/C22H28N2O2/c1-24(20-10-6-3-7-11-20)16-22(25)23-19-12-14-21(15-13-19)26-17-18-8-4-2-5-9-18/h2,4-5,8-9,12-15,20H,3,6-7,10-11,16-17H2,1H3,(H,23,25). The second kappa shape index (κ2) is 9.39. The molecular weight excluding hydrogens is 324 g/mol. The number of hydrogen-bond donors (Lipinski definition) is 1. The molecule has 1 N–H and O–H groups in total. The first-order chi connectivity index (χ1) is 12.7. The number of hydrogen-bond acceptors (Lipinski definition) is 3. The normalized spacial score (nSPS) is 15.0. The van der Waals surface area contributed by atoms with Crippen molar-refractivity contribution in [2.45, 2.75) is 44.8 Å². The molecule has 138 valence electrons. The van der Waals surface area contributed by atoms with Crippen LogP contribution in [0.1, 0.15) is 37.7 Å². The van der Waals surface area contributed by atoms with E-state index in [-0.39, 0.29) is 5.91 Å². The Morgan fingerprint density at radius 2 is 1.73 bits per heavy atom. The second-order valence-electron chi connectivity index (χ2n) is 7.05. The van der Waals surface area contributed by atoms with Gasteiger partial charge in [-0.15, -0.1) is 0 Å². The molecule has 0 unspecified atom stereocenters. The quantitative estimate of drug-likeness (QED) is 0.799. The van der Waals surface area contributed by atoms with E-state index in [0.29, 0.717) is 19.2 Å². The second-order valence-corrected chi connectivity index (χ2v) is 7.05. The van der Waals surface area contributed by atoms with Crippen LogP contribution in [-0.4, -0.2) is 30.4 Å². The van der Waals surface area contributed by atoms with Crippen LogP contribution >= 0.6 is 0 Å². The first kappa shape index (κ1) is 18.5. The van der Waals surface area contributed by atoms with Gasteiger partial charge in [-0.2, -0.15) is 0 Å². The molecule has 0 atom stereocenters. The highest BCUT2D eigenvalue weighted by atomic mass is 16.5. The summed E-state index contributed by atoms with van der Waals surface area (Å²) < 4.78 is 5.77. The summed E-state index contributed by atoms with van der Waals surface area (Å²) in [5.74, 6) is 0.835. The largest absolute Gasteiger partial charge is 0.489 e. The lowest BCUT2D eigenvalue weighted by atomic mass is 9.94. The zero-order valence-corrected chi connectivity index (χ0v) is 15.5. The molecule has 1 aliphatic carbocycles. The van der Waals surface area contributed by atoms with Gasteiger partial charge in [-0.05, 0) is 49.7 Å². The first-order valence-corrected chi connectivity index (χ1v) is 9.47. The van der Waals surface area contributed by atoms with Crippen molar-refractivity contribution in [3.8, 4) is 5.75 Å². The highest BCUT2D eigenvalue weighted by Gasteiger charge is 2.19. The predicted octanol–water partition coefficient (Wildman–Crippen LogP) is 4.47. The molecule has 4 nitrogen and oxygen atoms in total. The minimum absolute atomic E-state index is 0.0380. The van der Waals surface area contributed by atoms with Gasteiger partial charge in [0.05, 0.1) is 6.54 Å². The van der Waals surface area contributed by atoms with E-state index < -0.39 is 0 Å². The van der Waals surface area contributed by atoms with Crippen molar-refractivity contribution in [2.75, 3.05) is 18.9 Å². The minimum atomic E-state index is 0.0380. The van der Waals surface area contributed by atoms with Crippen LogP contribution in [0.25, 0.3) is 0 Å². The van der Waals surface area contributed by atoms with Crippen LogP contribution < -0.4 is 10.1 Å². The molecule has 0 aliphatic heterocycles. The molecule has 0 heterocycles. The third kappa shape index (κ3) is 5.60. The van der Waals surface area contributed by atoms with E-state index in [0.717, 1.165) is 17.0 Å². The zero-order valence-electron chi connectivity index (χ0n) is 15.5. The van der Waals surface area contributed by atoms with E-state index >= 15 is 0 Å². The van der Waals surface area contributed by atoms with Crippen LogP contribution in [0.4, 0.5) is 5.69 Å².